The summed E-state index contributed by atoms with van der Waals surface area (Å²) in [4.78, 5) is 28.4. The molecule has 0 saturated heterocycles. The number of amides is 1. The normalized spacial score (nSPS) is 30.3. The van der Waals surface area contributed by atoms with E-state index in [1.807, 2.05) is 0 Å². The fourth-order valence-corrected chi connectivity index (χ4v) is 4.98. The molecule has 7 nitrogen and oxygen atoms in total. The van der Waals surface area contributed by atoms with Crippen LogP contribution in [0.15, 0.2) is 17.1 Å². The second kappa shape index (κ2) is 5.38. The zero-order valence-corrected chi connectivity index (χ0v) is 14.6. The summed E-state index contributed by atoms with van der Waals surface area (Å²) in [6.07, 6.45) is 0.374. The first-order chi connectivity index (χ1) is 11.5. The Hall–Kier alpha value is -2.23. The molecule has 134 valence electrons. The predicted octanol–water partition coefficient (Wildman–Crippen LogP) is 2.00. The number of aliphatic imine (C=N–C) groups is 1. The fourth-order valence-electron chi connectivity index (χ4n) is 3.48. The van der Waals surface area contributed by atoms with E-state index >= 15 is 0 Å². The van der Waals surface area contributed by atoms with E-state index in [0.717, 1.165) is 17.8 Å². The molecule has 0 aromatic heterocycles. The average molecular weight is 370 g/mol. The Bertz CT molecular complexity index is 831. The summed E-state index contributed by atoms with van der Waals surface area (Å²) < 4.78 is 27.5. The van der Waals surface area contributed by atoms with Gasteiger partial charge in [0, 0.05) is 31.6 Å². The number of non-ortho nitro benzene ring substituents is 1. The molecular formula is C15H16F2N4O3S. The van der Waals surface area contributed by atoms with E-state index in [4.69, 9.17) is 5.73 Å². The predicted molar refractivity (Wildman–Crippen MR) is 89.1 cm³/mol. The van der Waals surface area contributed by atoms with Crippen LogP contribution in [-0.4, -0.2) is 39.7 Å². The highest BCUT2D eigenvalue weighted by atomic mass is 32.2. The van der Waals surface area contributed by atoms with Crippen molar-refractivity contribution in [2.75, 3.05) is 14.1 Å². The van der Waals surface area contributed by atoms with Crippen LogP contribution >= 0.6 is 11.8 Å². The minimum Gasteiger partial charge on any atom is -0.378 e. The number of nitro benzene ring substituents is 1. The summed E-state index contributed by atoms with van der Waals surface area (Å²) in [5.41, 5.74) is 3.66. The van der Waals surface area contributed by atoms with Crippen LogP contribution in [0.2, 0.25) is 0 Å². The molecule has 1 aromatic carbocycles. The molecule has 0 spiro atoms. The van der Waals surface area contributed by atoms with Gasteiger partial charge in [-0.1, -0.05) is 11.8 Å². The van der Waals surface area contributed by atoms with Crippen LogP contribution in [0.1, 0.15) is 18.9 Å². The quantitative estimate of drug-likeness (QED) is 0.648. The van der Waals surface area contributed by atoms with Crippen molar-refractivity contribution in [3.63, 3.8) is 0 Å². The number of fused-ring (bicyclic) bond motifs is 1. The van der Waals surface area contributed by atoms with Gasteiger partial charge in [-0.25, -0.2) is 8.78 Å². The van der Waals surface area contributed by atoms with Crippen molar-refractivity contribution in [3.8, 4) is 0 Å². The molecule has 1 aliphatic heterocycles. The number of amidine groups is 1. The molecule has 1 amide bonds. The van der Waals surface area contributed by atoms with Crippen molar-refractivity contribution in [1.29, 1.82) is 0 Å². The number of nitro groups is 1. The number of halogens is 2. The third kappa shape index (κ3) is 2.46. The van der Waals surface area contributed by atoms with Crippen molar-refractivity contribution in [2.45, 2.75) is 23.6 Å². The Balaban J connectivity index is 2.16. The zero-order valence-electron chi connectivity index (χ0n) is 13.7. The molecule has 1 saturated carbocycles. The Morgan fingerprint density at radius 2 is 2.12 bits per heavy atom. The third-order valence-electron chi connectivity index (χ3n) is 4.76. The Morgan fingerprint density at radius 1 is 1.48 bits per heavy atom. The summed E-state index contributed by atoms with van der Waals surface area (Å²) >= 11 is 1.10. The molecule has 1 unspecified atom stereocenters. The van der Waals surface area contributed by atoms with Gasteiger partial charge in [0.1, 0.15) is 4.75 Å². The number of hydrogen-bond acceptors (Lipinski definition) is 6. The number of benzene rings is 1. The molecular weight excluding hydrogens is 354 g/mol. The number of carbonyl (C=O) groups excluding carboxylic acids is 1. The fraction of sp³-hybridized carbons (Fsp3) is 0.467. The van der Waals surface area contributed by atoms with E-state index in [9.17, 15) is 23.7 Å². The van der Waals surface area contributed by atoms with E-state index in [1.165, 1.54) is 11.8 Å². The van der Waals surface area contributed by atoms with E-state index in [0.29, 0.717) is 12.5 Å². The van der Waals surface area contributed by atoms with Crippen molar-refractivity contribution in [3.05, 3.63) is 39.4 Å². The highest BCUT2D eigenvalue weighted by molar-refractivity contribution is 8.15. The second-order valence-electron chi connectivity index (χ2n) is 6.59. The summed E-state index contributed by atoms with van der Waals surface area (Å²) in [6, 6.07) is 1.49. The lowest BCUT2D eigenvalue weighted by atomic mass is 9.85. The van der Waals surface area contributed by atoms with Crippen LogP contribution < -0.4 is 5.73 Å². The molecule has 1 aliphatic carbocycles. The van der Waals surface area contributed by atoms with Crippen LogP contribution in [0.5, 0.6) is 0 Å². The third-order valence-corrected chi connectivity index (χ3v) is 6.05. The van der Waals surface area contributed by atoms with Gasteiger partial charge in [0.05, 0.1) is 16.5 Å². The van der Waals surface area contributed by atoms with Crippen molar-refractivity contribution < 1.29 is 18.5 Å². The maximum absolute atomic E-state index is 14.5. The van der Waals surface area contributed by atoms with Gasteiger partial charge in [-0.2, -0.15) is 0 Å². The number of thioether (sulfide) groups is 1. The molecule has 25 heavy (non-hydrogen) atoms. The number of rotatable bonds is 3. The topological polar surface area (TPSA) is 102 Å². The Kier molecular flexibility index (Phi) is 3.79. The lowest BCUT2D eigenvalue weighted by Crippen LogP contribution is -2.43. The van der Waals surface area contributed by atoms with Gasteiger partial charge in [-0.05, 0) is 13.3 Å². The first-order valence-electron chi connectivity index (χ1n) is 7.43. The highest BCUT2D eigenvalue weighted by Gasteiger charge is 2.71. The monoisotopic (exact) mass is 370 g/mol. The van der Waals surface area contributed by atoms with Crippen molar-refractivity contribution in [2.24, 2.45) is 16.6 Å². The first-order valence-corrected chi connectivity index (χ1v) is 8.24. The molecule has 2 N–H and O–H groups in total. The van der Waals surface area contributed by atoms with Gasteiger partial charge in [0.15, 0.2) is 16.8 Å². The van der Waals surface area contributed by atoms with E-state index in [-0.39, 0.29) is 16.6 Å². The van der Waals surface area contributed by atoms with Crippen LogP contribution in [0.4, 0.5) is 14.5 Å². The number of carbonyl (C=O) groups is 1. The number of nitrogens with two attached hydrogens (primary N) is 1. The van der Waals surface area contributed by atoms with Gasteiger partial charge >= 0.3 is 0 Å². The van der Waals surface area contributed by atoms with E-state index in [2.05, 4.69) is 4.99 Å². The largest absolute Gasteiger partial charge is 0.378 e. The van der Waals surface area contributed by atoms with Gasteiger partial charge < -0.3 is 10.6 Å². The summed E-state index contributed by atoms with van der Waals surface area (Å²) in [5, 5.41) is 11.1. The molecule has 1 heterocycles. The molecule has 0 bridgehead atoms. The van der Waals surface area contributed by atoms with Crippen molar-refractivity contribution >= 4 is 28.5 Å². The SMILES string of the molecule is CN(C)C(=O)[C@]12CC1[C@@](C)(c1cc([N+](=O)[O-])cc(F)c1F)N=C(N)S2. The number of nitrogens with zero attached hydrogens (tertiary/aromatic N) is 3. The summed E-state index contributed by atoms with van der Waals surface area (Å²) in [7, 11) is 3.19. The van der Waals surface area contributed by atoms with Crippen LogP contribution in [0.3, 0.4) is 0 Å². The average Bonchev–Trinajstić information content (AvgIpc) is 3.24. The lowest BCUT2D eigenvalue weighted by Gasteiger charge is -2.34. The number of hydrogen-bond donors (Lipinski definition) is 1. The molecule has 2 aliphatic rings. The minimum absolute atomic E-state index is 0.0674. The molecule has 1 aromatic rings. The van der Waals surface area contributed by atoms with E-state index < -0.39 is 38.4 Å². The smallest absolute Gasteiger partial charge is 0.272 e. The van der Waals surface area contributed by atoms with Crippen LogP contribution in [0, 0.1) is 27.7 Å². The molecule has 10 heteroatoms. The summed E-state index contributed by atoms with van der Waals surface area (Å²) in [5.74, 6) is -3.18. The zero-order chi connectivity index (χ0) is 18.7. The van der Waals surface area contributed by atoms with Crippen LogP contribution in [0.25, 0.3) is 0 Å². The Morgan fingerprint density at radius 3 is 2.68 bits per heavy atom. The standard InChI is InChI=1S/C15H16F2N4O3S/c1-14(8-4-7(21(23)24)5-9(16)11(8)17)10-6-15(10,12(22)20(2)3)25-13(18)19-14/h4-5,10H,6H2,1-3H3,(H2,18,19)/t10?,14-,15+/m1/s1. The second-order valence-corrected chi connectivity index (χ2v) is 7.94. The maximum atomic E-state index is 14.5. The first kappa shape index (κ1) is 17.6. The highest BCUT2D eigenvalue weighted by Crippen LogP contribution is 2.66. The van der Waals surface area contributed by atoms with Gasteiger partial charge in [-0.3, -0.25) is 19.9 Å². The maximum Gasteiger partial charge on any atom is 0.272 e. The lowest BCUT2D eigenvalue weighted by molar-refractivity contribution is -0.385. The Labute approximate surface area is 146 Å². The van der Waals surface area contributed by atoms with Crippen molar-refractivity contribution in [1.82, 2.24) is 4.90 Å². The van der Waals surface area contributed by atoms with E-state index in [1.54, 1.807) is 14.1 Å². The molecule has 3 atom stereocenters. The summed E-state index contributed by atoms with van der Waals surface area (Å²) in [6.45, 7) is 1.52. The molecule has 3 rings (SSSR count). The van der Waals surface area contributed by atoms with Crippen LogP contribution in [-0.2, 0) is 10.3 Å². The molecule has 0 radical (unpaired) electrons. The van der Waals surface area contributed by atoms with Gasteiger partial charge in [0.25, 0.3) is 5.69 Å². The van der Waals surface area contributed by atoms with Gasteiger partial charge in [-0.15, -0.1) is 0 Å². The molecule has 1 fully saturated rings. The van der Waals surface area contributed by atoms with Gasteiger partial charge in [0.2, 0.25) is 5.91 Å². The minimum atomic E-state index is -1.36.